The first-order valence-electron chi connectivity index (χ1n) is 9.03. The second-order valence-electron chi connectivity index (χ2n) is 6.36. The van der Waals surface area contributed by atoms with E-state index in [2.05, 4.69) is 10.3 Å². The van der Waals surface area contributed by atoms with Crippen molar-refractivity contribution in [3.63, 3.8) is 0 Å². The zero-order valence-corrected chi connectivity index (χ0v) is 15.7. The molecular formula is C18H25F3N4O3. The van der Waals surface area contributed by atoms with E-state index in [4.69, 9.17) is 15.2 Å². The number of nitrogens with two attached hydrogens (primary N) is 1. The lowest BCUT2D eigenvalue weighted by Crippen LogP contribution is -2.48. The van der Waals surface area contributed by atoms with Crippen LogP contribution in [-0.4, -0.2) is 55.5 Å². The summed E-state index contributed by atoms with van der Waals surface area (Å²) < 4.78 is 46.4. The Kier molecular flexibility index (Phi) is 7.77. The van der Waals surface area contributed by atoms with Gasteiger partial charge >= 0.3 is 12.3 Å². The van der Waals surface area contributed by atoms with E-state index in [1.54, 1.807) is 24.0 Å². The molecule has 0 unspecified atom stereocenters. The van der Waals surface area contributed by atoms with Crippen LogP contribution in [0.25, 0.3) is 0 Å². The topological polar surface area (TPSA) is 89.2 Å². The normalized spacial score (nSPS) is 16.0. The third kappa shape index (κ3) is 7.53. The molecule has 0 bridgehead atoms. The fourth-order valence-corrected chi connectivity index (χ4v) is 2.75. The highest BCUT2D eigenvalue weighted by Crippen LogP contribution is 2.19. The van der Waals surface area contributed by atoms with Crippen LogP contribution in [0, 0.1) is 0 Å². The van der Waals surface area contributed by atoms with Crippen LogP contribution in [0.3, 0.4) is 0 Å². The number of carbonyl (C=O) groups excluding carboxylic acids is 1. The van der Waals surface area contributed by atoms with Crippen LogP contribution in [0.1, 0.15) is 25.3 Å². The summed E-state index contributed by atoms with van der Waals surface area (Å²) in [7, 11) is 0. The average Bonchev–Trinajstić information content (AvgIpc) is 2.65. The molecule has 0 radical (unpaired) electrons. The highest BCUT2D eigenvalue weighted by atomic mass is 19.4. The fraction of sp³-hybridized carbons (Fsp3) is 0.556. The molecule has 1 heterocycles. The van der Waals surface area contributed by atoms with Crippen LogP contribution in [0.5, 0.6) is 5.75 Å². The second-order valence-corrected chi connectivity index (χ2v) is 6.36. The van der Waals surface area contributed by atoms with E-state index in [0.29, 0.717) is 25.3 Å². The standard InChI is InChI=1S/C18H25F3N4O3/c1-2-27-17(26)25-8-6-14(7-9-25)24-16(22)23-11-13-4-3-5-15(10-13)28-12-18(19,20)21/h3-5,10,14H,2,6-9,11-12H2,1H3,(H3,22,23,24). The molecule has 2 rings (SSSR count). The number of nitrogens with one attached hydrogen (secondary N) is 1. The number of benzene rings is 1. The molecule has 156 valence electrons. The number of nitrogens with zero attached hydrogens (tertiary/aromatic N) is 2. The zero-order valence-electron chi connectivity index (χ0n) is 15.7. The first-order chi connectivity index (χ1) is 13.3. The molecule has 1 aliphatic rings. The Bertz CT molecular complexity index is 674. The summed E-state index contributed by atoms with van der Waals surface area (Å²) in [6.45, 7) is 2.13. The molecule has 0 atom stereocenters. The molecule has 1 aromatic rings. The summed E-state index contributed by atoms with van der Waals surface area (Å²) in [4.78, 5) is 17.6. The summed E-state index contributed by atoms with van der Waals surface area (Å²) in [6, 6.07) is 6.38. The number of piperidine rings is 1. The quantitative estimate of drug-likeness (QED) is 0.564. The molecular weight excluding hydrogens is 377 g/mol. The van der Waals surface area contributed by atoms with Gasteiger partial charge in [0, 0.05) is 19.1 Å². The number of guanidine groups is 1. The number of amides is 1. The molecule has 0 aromatic heterocycles. The molecule has 0 spiro atoms. The lowest BCUT2D eigenvalue weighted by molar-refractivity contribution is -0.153. The Labute approximate surface area is 161 Å². The van der Waals surface area contributed by atoms with Crippen molar-refractivity contribution in [2.45, 2.75) is 38.5 Å². The van der Waals surface area contributed by atoms with Crippen molar-refractivity contribution in [3.05, 3.63) is 29.8 Å². The number of hydrogen-bond donors (Lipinski definition) is 2. The monoisotopic (exact) mass is 402 g/mol. The minimum absolute atomic E-state index is 0.0934. The van der Waals surface area contributed by atoms with Gasteiger partial charge in [0.2, 0.25) is 0 Å². The summed E-state index contributed by atoms with van der Waals surface area (Å²) >= 11 is 0. The molecule has 0 aliphatic carbocycles. The Morgan fingerprint density at radius 2 is 2.07 bits per heavy atom. The summed E-state index contributed by atoms with van der Waals surface area (Å²) in [5.41, 5.74) is 6.58. The van der Waals surface area contributed by atoms with Gasteiger partial charge in [-0.25, -0.2) is 9.79 Å². The molecule has 1 aliphatic heterocycles. The average molecular weight is 402 g/mol. The minimum Gasteiger partial charge on any atom is -0.484 e. The van der Waals surface area contributed by atoms with Gasteiger partial charge < -0.3 is 25.4 Å². The second kappa shape index (κ2) is 10.0. The van der Waals surface area contributed by atoms with Gasteiger partial charge in [-0.1, -0.05) is 12.1 Å². The van der Waals surface area contributed by atoms with E-state index in [-0.39, 0.29) is 30.4 Å². The maximum atomic E-state index is 12.2. The minimum atomic E-state index is -4.38. The Morgan fingerprint density at radius 1 is 1.36 bits per heavy atom. The molecule has 1 amide bonds. The predicted molar refractivity (Wildman–Crippen MR) is 98.1 cm³/mol. The first kappa shape index (κ1) is 21.6. The third-order valence-corrected chi connectivity index (χ3v) is 4.11. The van der Waals surface area contributed by atoms with Gasteiger partial charge in [0.25, 0.3) is 0 Å². The van der Waals surface area contributed by atoms with Crippen LogP contribution in [0.4, 0.5) is 18.0 Å². The highest BCUT2D eigenvalue weighted by molar-refractivity contribution is 5.78. The van der Waals surface area contributed by atoms with E-state index in [0.717, 1.165) is 12.8 Å². The smallest absolute Gasteiger partial charge is 0.422 e. The lowest BCUT2D eigenvalue weighted by Gasteiger charge is -2.31. The maximum Gasteiger partial charge on any atom is 0.422 e. The van der Waals surface area contributed by atoms with Crippen molar-refractivity contribution >= 4 is 12.1 Å². The molecule has 10 heteroatoms. The molecule has 3 N–H and O–H groups in total. The number of aliphatic imine (C=N–C) groups is 1. The SMILES string of the molecule is CCOC(=O)N1CCC(NC(N)=NCc2cccc(OCC(F)(F)F)c2)CC1. The Hall–Kier alpha value is -2.65. The van der Waals surface area contributed by atoms with Gasteiger partial charge in [0.05, 0.1) is 13.2 Å². The first-order valence-corrected chi connectivity index (χ1v) is 9.03. The van der Waals surface area contributed by atoms with Crippen LogP contribution in [-0.2, 0) is 11.3 Å². The molecule has 1 fully saturated rings. The Balaban J connectivity index is 1.79. The molecule has 1 saturated heterocycles. The van der Waals surface area contributed by atoms with Gasteiger partial charge in [-0.2, -0.15) is 13.2 Å². The van der Waals surface area contributed by atoms with Crippen LogP contribution < -0.4 is 15.8 Å². The summed E-state index contributed by atoms with van der Waals surface area (Å²) in [5.74, 6) is 0.374. The fourth-order valence-electron chi connectivity index (χ4n) is 2.75. The summed E-state index contributed by atoms with van der Waals surface area (Å²) in [6.07, 6.45) is -3.26. The van der Waals surface area contributed by atoms with E-state index in [1.165, 1.54) is 12.1 Å². The number of carbonyl (C=O) groups is 1. The van der Waals surface area contributed by atoms with Gasteiger partial charge in [-0.3, -0.25) is 0 Å². The predicted octanol–water partition coefficient (Wildman–Crippen LogP) is 2.65. The number of halogens is 3. The van der Waals surface area contributed by atoms with E-state index in [9.17, 15) is 18.0 Å². The van der Waals surface area contributed by atoms with Gasteiger partial charge in [0.1, 0.15) is 5.75 Å². The van der Waals surface area contributed by atoms with Gasteiger partial charge in [0.15, 0.2) is 12.6 Å². The zero-order chi connectivity index (χ0) is 20.6. The maximum absolute atomic E-state index is 12.2. The molecule has 7 nitrogen and oxygen atoms in total. The van der Waals surface area contributed by atoms with Crippen molar-refractivity contribution in [2.75, 3.05) is 26.3 Å². The van der Waals surface area contributed by atoms with Crippen LogP contribution >= 0.6 is 0 Å². The van der Waals surface area contributed by atoms with Crippen LogP contribution in [0.2, 0.25) is 0 Å². The van der Waals surface area contributed by atoms with Crippen molar-refractivity contribution < 1.29 is 27.4 Å². The van der Waals surface area contributed by atoms with Gasteiger partial charge in [-0.05, 0) is 37.5 Å². The Morgan fingerprint density at radius 3 is 2.71 bits per heavy atom. The number of likely N-dealkylation sites (tertiary alicyclic amines) is 1. The van der Waals surface area contributed by atoms with Crippen molar-refractivity contribution in [1.29, 1.82) is 0 Å². The van der Waals surface area contributed by atoms with E-state index >= 15 is 0 Å². The lowest BCUT2D eigenvalue weighted by atomic mass is 10.1. The van der Waals surface area contributed by atoms with Crippen molar-refractivity contribution in [3.8, 4) is 5.75 Å². The molecule has 0 saturated carbocycles. The number of hydrogen-bond acceptors (Lipinski definition) is 4. The van der Waals surface area contributed by atoms with Crippen LogP contribution in [0.15, 0.2) is 29.3 Å². The van der Waals surface area contributed by atoms with E-state index < -0.39 is 12.8 Å². The number of ether oxygens (including phenoxy) is 2. The third-order valence-electron chi connectivity index (χ3n) is 4.11. The van der Waals surface area contributed by atoms with Gasteiger partial charge in [-0.15, -0.1) is 0 Å². The largest absolute Gasteiger partial charge is 0.484 e. The van der Waals surface area contributed by atoms with Crippen molar-refractivity contribution in [1.82, 2.24) is 10.2 Å². The van der Waals surface area contributed by atoms with Crippen molar-refractivity contribution in [2.24, 2.45) is 10.7 Å². The number of alkyl halides is 3. The number of rotatable bonds is 6. The molecule has 1 aromatic carbocycles. The highest BCUT2D eigenvalue weighted by Gasteiger charge is 2.28. The summed E-state index contributed by atoms with van der Waals surface area (Å²) in [5, 5.41) is 3.11. The molecule has 28 heavy (non-hydrogen) atoms. The van der Waals surface area contributed by atoms with E-state index in [1.807, 2.05) is 0 Å².